The van der Waals surface area contributed by atoms with Crippen LogP contribution in [0.15, 0.2) is 60.7 Å². The van der Waals surface area contributed by atoms with E-state index < -0.39 is 23.4 Å². The van der Waals surface area contributed by atoms with Gasteiger partial charge < -0.3 is 19.9 Å². The molecule has 0 radical (unpaired) electrons. The van der Waals surface area contributed by atoms with E-state index in [0.29, 0.717) is 29.2 Å². The van der Waals surface area contributed by atoms with E-state index in [1.165, 1.54) is 4.90 Å². The fourth-order valence-electron chi connectivity index (χ4n) is 6.47. The van der Waals surface area contributed by atoms with Gasteiger partial charge in [0.05, 0.1) is 18.4 Å². The van der Waals surface area contributed by atoms with E-state index in [9.17, 15) is 19.5 Å². The van der Waals surface area contributed by atoms with Crippen LogP contribution in [0, 0.1) is 18.8 Å². The third-order valence-electron chi connectivity index (χ3n) is 8.22. The van der Waals surface area contributed by atoms with E-state index in [0.717, 1.165) is 16.7 Å². The molecule has 7 rings (SSSR count). The Bertz CT molecular complexity index is 1520. The minimum atomic E-state index is -1.36. The number of fused-ring (bicyclic) bond motifs is 5. The summed E-state index contributed by atoms with van der Waals surface area (Å²) in [5.74, 6) is -1.29. The van der Waals surface area contributed by atoms with Crippen molar-refractivity contribution in [3.05, 3.63) is 82.9 Å². The number of aromatic hydroxyl groups is 1. The van der Waals surface area contributed by atoms with E-state index in [1.54, 1.807) is 36.4 Å². The topological polar surface area (TPSA) is 117 Å². The van der Waals surface area contributed by atoms with Crippen molar-refractivity contribution in [1.82, 2.24) is 10.2 Å². The Morgan fingerprint density at radius 1 is 0.974 bits per heavy atom. The molecule has 2 fully saturated rings. The van der Waals surface area contributed by atoms with E-state index in [2.05, 4.69) is 10.6 Å². The number of para-hydroxylation sites is 1. The first kappa shape index (κ1) is 22.8. The molecule has 0 saturated carbocycles. The van der Waals surface area contributed by atoms with Gasteiger partial charge in [0.2, 0.25) is 24.5 Å². The number of anilines is 1. The van der Waals surface area contributed by atoms with E-state index >= 15 is 0 Å². The van der Waals surface area contributed by atoms with Gasteiger partial charge in [0, 0.05) is 17.3 Å². The fraction of sp³-hybridized carbons (Fsp3) is 0.276. The van der Waals surface area contributed by atoms with Crippen molar-refractivity contribution in [1.29, 1.82) is 0 Å². The van der Waals surface area contributed by atoms with Crippen molar-refractivity contribution in [2.24, 2.45) is 11.8 Å². The number of imide groups is 1. The molecule has 0 aliphatic carbocycles. The summed E-state index contributed by atoms with van der Waals surface area (Å²) in [5.41, 5.74) is 2.53. The molecule has 4 atom stereocenters. The molecule has 3 aromatic rings. The molecule has 4 heterocycles. The number of hydrogen-bond donors (Lipinski definition) is 3. The lowest BCUT2D eigenvalue weighted by molar-refractivity contribution is -0.143. The Kier molecular flexibility index (Phi) is 4.84. The van der Waals surface area contributed by atoms with Gasteiger partial charge in [0.15, 0.2) is 11.5 Å². The summed E-state index contributed by atoms with van der Waals surface area (Å²) in [4.78, 5) is 43.0. The molecular formula is C29H25N3O6. The lowest BCUT2D eigenvalue weighted by Gasteiger charge is -2.29. The number of phenols is 1. The number of carbonyl (C=O) groups is 3. The zero-order chi connectivity index (χ0) is 26.2. The molecule has 2 saturated heterocycles. The standard InChI is InChI=1S/C29H25N3O6/c1-15-3-2-4-19-25(15)30-28(36)29(19)24-23(20(31-29)11-16-5-8-18(33)9-6-16)26(34)32(27(24)35)13-17-7-10-21-22(12-17)38-14-37-21/h2-10,12,20,23-24,31,33H,11,13-14H2,1H3,(H,30,36)/t20?,23-,24+,29?/m1/s1. The summed E-state index contributed by atoms with van der Waals surface area (Å²) >= 11 is 0. The minimum absolute atomic E-state index is 0.0750. The highest BCUT2D eigenvalue weighted by Crippen LogP contribution is 2.54. The maximum atomic E-state index is 14.1. The first-order chi connectivity index (χ1) is 18.4. The number of benzene rings is 3. The Morgan fingerprint density at radius 2 is 1.74 bits per heavy atom. The quantitative estimate of drug-likeness (QED) is 0.461. The van der Waals surface area contributed by atoms with Gasteiger partial charge in [-0.3, -0.25) is 24.6 Å². The number of nitrogens with zero attached hydrogens (tertiary/aromatic N) is 1. The summed E-state index contributed by atoms with van der Waals surface area (Å²) in [6.07, 6.45) is 0.411. The lowest BCUT2D eigenvalue weighted by Crippen LogP contribution is -2.53. The number of amides is 3. The first-order valence-electron chi connectivity index (χ1n) is 12.6. The van der Waals surface area contributed by atoms with Crippen LogP contribution < -0.4 is 20.1 Å². The summed E-state index contributed by atoms with van der Waals surface area (Å²) in [5, 5.41) is 16.2. The first-order valence-corrected chi connectivity index (χ1v) is 12.6. The highest BCUT2D eigenvalue weighted by Gasteiger charge is 2.70. The van der Waals surface area contributed by atoms with Crippen molar-refractivity contribution >= 4 is 23.4 Å². The predicted molar refractivity (Wildman–Crippen MR) is 135 cm³/mol. The maximum absolute atomic E-state index is 14.1. The van der Waals surface area contributed by atoms with Gasteiger partial charge in [-0.05, 0) is 54.3 Å². The largest absolute Gasteiger partial charge is 0.508 e. The minimum Gasteiger partial charge on any atom is -0.508 e. The number of ether oxygens (including phenoxy) is 2. The van der Waals surface area contributed by atoms with Gasteiger partial charge in [-0.15, -0.1) is 0 Å². The van der Waals surface area contributed by atoms with Crippen LogP contribution in [0.4, 0.5) is 5.69 Å². The molecule has 9 heteroatoms. The van der Waals surface area contributed by atoms with Gasteiger partial charge in [-0.2, -0.15) is 0 Å². The zero-order valence-corrected chi connectivity index (χ0v) is 20.6. The molecule has 4 aliphatic heterocycles. The van der Waals surface area contributed by atoms with Crippen molar-refractivity contribution in [2.45, 2.75) is 31.5 Å². The summed E-state index contributed by atoms with van der Waals surface area (Å²) < 4.78 is 10.9. The molecule has 9 nitrogen and oxygen atoms in total. The molecular weight excluding hydrogens is 486 g/mol. The number of phenolic OH excluding ortho intramolecular Hbond substituents is 1. The number of likely N-dealkylation sites (tertiary alicyclic amines) is 1. The third-order valence-corrected chi connectivity index (χ3v) is 8.22. The number of hydrogen-bond acceptors (Lipinski definition) is 7. The third kappa shape index (κ3) is 3.11. The number of rotatable bonds is 4. The van der Waals surface area contributed by atoms with Gasteiger partial charge in [-0.25, -0.2) is 0 Å². The molecule has 3 aromatic carbocycles. The fourth-order valence-corrected chi connectivity index (χ4v) is 6.47. The highest BCUT2D eigenvalue weighted by atomic mass is 16.7. The molecule has 0 bridgehead atoms. The molecule has 4 aliphatic rings. The van der Waals surface area contributed by atoms with Crippen molar-refractivity contribution < 1.29 is 29.0 Å². The van der Waals surface area contributed by atoms with Crippen LogP contribution in [0.3, 0.4) is 0 Å². The normalized spacial score (nSPS) is 26.7. The average Bonchev–Trinajstić information content (AvgIpc) is 3.63. The summed E-state index contributed by atoms with van der Waals surface area (Å²) in [6.45, 7) is 2.11. The maximum Gasteiger partial charge on any atom is 0.250 e. The van der Waals surface area contributed by atoms with E-state index in [1.807, 2.05) is 31.2 Å². The van der Waals surface area contributed by atoms with Gasteiger partial charge in [-0.1, -0.05) is 36.4 Å². The number of aryl methyl sites for hydroxylation is 1. The summed E-state index contributed by atoms with van der Waals surface area (Å²) in [7, 11) is 0. The Hall–Kier alpha value is -4.37. The molecule has 192 valence electrons. The van der Waals surface area contributed by atoms with Crippen molar-refractivity contribution in [2.75, 3.05) is 12.1 Å². The second kappa shape index (κ2) is 8.06. The van der Waals surface area contributed by atoms with Crippen molar-refractivity contribution in [3.63, 3.8) is 0 Å². The number of nitrogens with one attached hydrogen (secondary N) is 2. The van der Waals surface area contributed by atoms with Crippen LogP contribution in [0.5, 0.6) is 17.2 Å². The van der Waals surface area contributed by atoms with Gasteiger partial charge >= 0.3 is 0 Å². The molecule has 3 N–H and O–H groups in total. The summed E-state index contributed by atoms with van der Waals surface area (Å²) in [6, 6.07) is 17.3. The lowest BCUT2D eigenvalue weighted by atomic mass is 9.76. The van der Waals surface area contributed by atoms with Crippen molar-refractivity contribution in [3.8, 4) is 17.2 Å². The molecule has 3 amide bonds. The zero-order valence-electron chi connectivity index (χ0n) is 20.6. The average molecular weight is 512 g/mol. The molecule has 38 heavy (non-hydrogen) atoms. The van der Waals surface area contributed by atoms with Crippen LogP contribution in [0.2, 0.25) is 0 Å². The SMILES string of the molecule is Cc1cccc2c1NC(=O)C21NC(Cc2ccc(O)cc2)[C@H]2C(=O)N(Cc3ccc4c(c3)OCO4)C(=O)[C@H]21. The van der Waals surface area contributed by atoms with Crippen LogP contribution >= 0.6 is 0 Å². The van der Waals surface area contributed by atoms with E-state index in [-0.39, 0.29) is 36.8 Å². The van der Waals surface area contributed by atoms with Gasteiger partial charge in [0.1, 0.15) is 11.3 Å². The van der Waals surface area contributed by atoms with Crippen LogP contribution in [-0.2, 0) is 32.9 Å². The molecule has 2 unspecified atom stereocenters. The monoisotopic (exact) mass is 511 g/mol. The second-order valence-corrected chi connectivity index (χ2v) is 10.3. The Morgan fingerprint density at radius 3 is 2.55 bits per heavy atom. The molecule has 0 aromatic heterocycles. The Labute approximate surface area is 218 Å². The van der Waals surface area contributed by atoms with Gasteiger partial charge in [0.25, 0.3) is 0 Å². The van der Waals surface area contributed by atoms with Crippen LogP contribution in [-0.4, -0.2) is 40.6 Å². The highest BCUT2D eigenvalue weighted by molar-refractivity contribution is 6.15. The number of carbonyl (C=O) groups excluding carboxylic acids is 3. The molecule has 1 spiro atoms. The van der Waals surface area contributed by atoms with Crippen LogP contribution in [0.1, 0.15) is 22.3 Å². The Balaban J connectivity index is 1.30. The smallest absolute Gasteiger partial charge is 0.250 e. The second-order valence-electron chi connectivity index (χ2n) is 10.3. The van der Waals surface area contributed by atoms with Crippen LogP contribution in [0.25, 0.3) is 0 Å². The predicted octanol–water partition coefficient (Wildman–Crippen LogP) is 2.59. The van der Waals surface area contributed by atoms with E-state index in [4.69, 9.17) is 9.47 Å².